The molecule has 6 aromatic carbocycles. The van der Waals surface area contributed by atoms with Crippen LogP contribution in [0.4, 0.5) is 0 Å². The number of carbonyl (C=O) groups is 10. The van der Waals surface area contributed by atoms with Gasteiger partial charge in [0.1, 0.15) is 66.4 Å². The van der Waals surface area contributed by atoms with E-state index in [-0.39, 0.29) is 95.5 Å². The number of amides is 7. The van der Waals surface area contributed by atoms with Crippen LogP contribution in [0.3, 0.4) is 0 Å². The fourth-order valence-electron chi connectivity index (χ4n) is 16.0. The van der Waals surface area contributed by atoms with Crippen LogP contribution in [0.5, 0.6) is 11.5 Å². The molecule has 622 valence electrons. The number of rotatable bonds is 18. The molecule has 0 radical (unpaired) electrons. The number of aromatic nitrogens is 3. The van der Waals surface area contributed by atoms with Crippen molar-refractivity contribution in [3.05, 3.63) is 180 Å². The summed E-state index contributed by atoms with van der Waals surface area (Å²) in [5.74, 6) is -7.99. The molecule has 117 heavy (non-hydrogen) atoms. The Morgan fingerprint density at radius 1 is 0.624 bits per heavy atom. The molecule has 0 unspecified atom stereocenters. The zero-order valence-electron chi connectivity index (χ0n) is 67.4. The number of aliphatic carboxylic acids is 1. The minimum absolute atomic E-state index is 0.0174. The van der Waals surface area contributed by atoms with Crippen LogP contribution < -0.4 is 46.1 Å². The summed E-state index contributed by atoms with van der Waals surface area (Å²) in [7, 11) is -0.836. The van der Waals surface area contributed by atoms with Gasteiger partial charge in [0.05, 0.1) is 48.3 Å². The van der Waals surface area contributed by atoms with Crippen molar-refractivity contribution in [2.75, 3.05) is 40.4 Å². The van der Waals surface area contributed by atoms with Gasteiger partial charge in [0.25, 0.3) is 0 Å². The van der Waals surface area contributed by atoms with Gasteiger partial charge in [-0.3, -0.25) is 47.9 Å². The molecule has 7 aromatic rings. The highest BCUT2D eigenvalue weighted by Gasteiger charge is 2.49. The highest BCUT2D eigenvalue weighted by Crippen LogP contribution is 2.38. The van der Waals surface area contributed by atoms with E-state index in [1.807, 2.05) is 84.9 Å². The summed E-state index contributed by atoms with van der Waals surface area (Å²) in [5, 5.41) is 39.9. The molecular formula is C88H108N12O16S. The zero-order chi connectivity index (χ0) is 83.2. The maximum Gasteiger partial charge on any atom is 0.326 e. The van der Waals surface area contributed by atoms with Crippen molar-refractivity contribution in [3.8, 4) is 11.5 Å². The molecule has 2 saturated heterocycles. The third-order valence-electron chi connectivity index (χ3n) is 23.3. The van der Waals surface area contributed by atoms with Gasteiger partial charge in [-0.15, -0.1) is 5.10 Å². The number of benzene rings is 6. The molecule has 4 fully saturated rings. The number of ketones is 2. The summed E-state index contributed by atoms with van der Waals surface area (Å²) >= 11 is 0. The van der Waals surface area contributed by atoms with E-state index in [1.54, 1.807) is 116 Å². The van der Waals surface area contributed by atoms with Crippen molar-refractivity contribution in [2.24, 2.45) is 23.2 Å². The summed E-state index contributed by atoms with van der Waals surface area (Å²) < 4.78 is 49.8. The lowest BCUT2D eigenvalue weighted by Crippen LogP contribution is -2.60. The largest absolute Gasteiger partial charge is 0.490 e. The number of hydrogen-bond acceptors (Lipinski definition) is 19. The molecule has 2 saturated carbocycles. The number of sulfonamides is 1. The average molecular weight is 1620 g/mol. The smallest absolute Gasteiger partial charge is 0.326 e. The van der Waals surface area contributed by atoms with Gasteiger partial charge in [-0.25, -0.2) is 17.9 Å². The number of likely N-dealkylation sites (tertiary alicyclic amines) is 2. The molecule has 7 amide bonds. The lowest BCUT2D eigenvalue weighted by Gasteiger charge is -2.36. The second kappa shape index (κ2) is 38.6. The van der Waals surface area contributed by atoms with Crippen LogP contribution >= 0.6 is 0 Å². The molecule has 0 spiro atoms. The lowest BCUT2D eigenvalue weighted by atomic mass is 9.76. The minimum atomic E-state index is -4.13. The second-order valence-corrected chi connectivity index (χ2v) is 34.9. The predicted molar refractivity (Wildman–Crippen MR) is 438 cm³/mol. The second-order valence-electron chi connectivity index (χ2n) is 32.9. The number of carboxylic acids is 1. The molecule has 1 aromatic heterocycles. The number of Topliss-reactive ketones (excluding diaryl/α,β-unsaturated/α-hetero) is 2. The van der Waals surface area contributed by atoms with Crippen LogP contribution in [0.25, 0.3) is 21.5 Å². The lowest BCUT2D eigenvalue weighted by molar-refractivity contribution is -0.145. The van der Waals surface area contributed by atoms with E-state index < -0.39 is 147 Å². The molecule has 8 aliphatic rings. The third kappa shape index (κ3) is 22.3. The van der Waals surface area contributed by atoms with Gasteiger partial charge in [0.15, 0.2) is 5.78 Å². The highest BCUT2D eigenvalue weighted by molar-refractivity contribution is 7.90. The highest BCUT2D eigenvalue weighted by atomic mass is 32.2. The normalized spacial score (nSPS) is 23.3. The Labute approximate surface area is 682 Å². The molecule has 7 heterocycles. The molecule has 2 aliphatic carbocycles. The van der Waals surface area contributed by atoms with Crippen LogP contribution in [0, 0.1) is 23.2 Å². The van der Waals surface area contributed by atoms with Gasteiger partial charge in [-0.1, -0.05) is 161 Å². The molecule has 6 aliphatic heterocycles. The summed E-state index contributed by atoms with van der Waals surface area (Å²) in [4.78, 5) is 150. The first-order chi connectivity index (χ1) is 56.1. The number of fused-ring (bicyclic) bond motifs is 2. The van der Waals surface area contributed by atoms with Crippen molar-refractivity contribution in [1.29, 1.82) is 0 Å². The minimum Gasteiger partial charge on any atom is -0.490 e. The van der Waals surface area contributed by atoms with Gasteiger partial charge in [-0.05, 0) is 152 Å². The maximum atomic E-state index is 15.5. The Bertz CT molecular complexity index is 4900. The molecule has 12 atom stereocenters. The van der Waals surface area contributed by atoms with Crippen LogP contribution in [0.15, 0.2) is 152 Å². The van der Waals surface area contributed by atoms with Gasteiger partial charge in [-0.2, -0.15) is 0 Å². The standard InChI is InChI=1S/C88H108N12O16S/c1-53(89-6)77(101)48-71(61-19-9-8-10-20-61)85(108)99-51-69-47-76(99)84(107)91-72(43-57-23-29-59-17-11-13-21-62(59)40-57)78(102)45-64(81(104)96-117(112,113)70-35-36-70)39-55-25-33-68(34-26-55)116-52-65-49-100(97-95-65)66-46-75(98(50-66)86(109)79(88(3,4)5)94-80(103)54(2)90-7)83(106)92-73(44-58-24-30-60-18-12-14-22-63(60)41-58)82(105)93-74(87(110)111)42-56-27-31-67(32-28-56)114-37-15-16-38-115-69/h11-18,21-34,40-41,49,53-54,61,64,66,69-76,79,89-90H,8-10,19-20,35-39,42-48,50-52H2,1-7H3,(H,91,107)(H,92,106)(H,93,105)(H,94,103)(H,96,104)(H,110,111)/b16-15+/t53-,54-,64+,66-,69-,71-,72-,73-,74-,75-,76-,79+/m0/s1. The third-order valence-corrected chi connectivity index (χ3v) is 25.2. The number of nitrogens with one attached hydrogen (secondary N) is 7. The van der Waals surface area contributed by atoms with E-state index in [4.69, 9.17) is 14.2 Å². The first-order valence-corrected chi connectivity index (χ1v) is 42.2. The first kappa shape index (κ1) is 85.6. The van der Waals surface area contributed by atoms with Crippen LogP contribution in [-0.4, -0.2) is 197 Å². The molecule has 29 heteroatoms. The van der Waals surface area contributed by atoms with Crippen LogP contribution in [0.1, 0.15) is 139 Å². The Morgan fingerprint density at radius 2 is 1.20 bits per heavy atom. The fraction of sp³-hybridized carbons (Fsp3) is 0.477. The summed E-state index contributed by atoms with van der Waals surface area (Å²) in [6, 6.07) is 30.1. The van der Waals surface area contributed by atoms with Gasteiger partial charge in [0.2, 0.25) is 51.4 Å². The maximum absolute atomic E-state index is 15.5. The molecule has 8 N–H and O–H groups in total. The van der Waals surface area contributed by atoms with E-state index in [2.05, 4.69) is 46.9 Å². The van der Waals surface area contributed by atoms with E-state index in [1.165, 1.54) is 14.5 Å². The molecular weight excluding hydrogens is 1510 g/mol. The SMILES string of the molecule is CN[C@@H](C)C(=O)C[C@H](C(=O)N1C[C@@H]2C[C@H]1C(=O)N[C@@H](Cc1ccc3ccccc3c1)C(=O)C[C@H](C(=O)NS(=O)(=O)C1CC1)Cc1ccc(cc1)OCc1cn(nn1)[C@H]1C[C@@H](C(=O)N[C@@H](Cc3ccc4ccccc4c3)C(=O)N[C@H](C(=O)O)Cc3ccc(cc3)OC/C=C/CO2)N(C(=O)[C@@H](NC(=O)[C@H](C)NC)C(C)(C)C)C1)C1CCCCC1. The number of carboxylic acid groups (broad SMARTS) is 1. The Kier molecular flexibility index (Phi) is 28.2. The van der Waals surface area contributed by atoms with Crippen molar-refractivity contribution < 1.29 is 75.7 Å². The van der Waals surface area contributed by atoms with Crippen molar-refractivity contribution in [1.82, 2.24) is 61.4 Å². The van der Waals surface area contributed by atoms with E-state index >= 15 is 24.0 Å². The Balaban J connectivity index is 0.867. The van der Waals surface area contributed by atoms with Crippen molar-refractivity contribution >= 4 is 90.5 Å². The van der Waals surface area contributed by atoms with Crippen LogP contribution in [0.2, 0.25) is 0 Å². The molecule has 15 rings (SSSR count). The average Bonchev–Trinajstić information content (AvgIpc) is 1.68. The Morgan fingerprint density at radius 3 is 1.80 bits per heavy atom. The summed E-state index contributed by atoms with van der Waals surface area (Å²) in [5.41, 5.74) is 1.81. The first-order valence-electron chi connectivity index (χ1n) is 40.6. The van der Waals surface area contributed by atoms with Gasteiger partial charge < -0.3 is 61.0 Å². The number of carbonyl (C=O) groups excluding carboxylic acids is 9. The van der Waals surface area contributed by atoms with E-state index in [9.17, 15) is 37.5 Å². The molecule has 28 nitrogen and oxygen atoms in total. The number of likely N-dealkylation sites (N-methyl/N-ethyl adjacent to an activating group) is 2. The quantitative estimate of drug-likeness (QED) is 0.0396. The van der Waals surface area contributed by atoms with E-state index in [0.29, 0.717) is 52.3 Å². The predicted octanol–water partition coefficient (Wildman–Crippen LogP) is 7.14. The fourth-order valence-corrected chi connectivity index (χ4v) is 17.4. The Hall–Kier alpha value is -10.8. The monoisotopic (exact) mass is 1620 g/mol. The molecule has 10 bridgehead atoms. The number of hydrogen-bond donors (Lipinski definition) is 8. The van der Waals surface area contributed by atoms with Crippen molar-refractivity contribution in [2.45, 2.75) is 203 Å². The van der Waals surface area contributed by atoms with Crippen molar-refractivity contribution in [3.63, 3.8) is 0 Å². The van der Waals surface area contributed by atoms with Crippen LogP contribution in [-0.2, 0) is 95.0 Å². The number of nitrogens with zero attached hydrogens (tertiary/aromatic N) is 5. The van der Waals surface area contributed by atoms with Gasteiger partial charge in [0, 0.05) is 63.5 Å². The topological polar surface area (TPSA) is 374 Å². The zero-order valence-corrected chi connectivity index (χ0v) is 68.2. The summed E-state index contributed by atoms with van der Waals surface area (Å²) in [6.45, 7) is 8.59. The number of ether oxygens (including phenoxy) is 3. The van der Waals surface area contributed by atoms with E-state index in [0.717, 1.165) is 53.6 Å². The van der Waals surface area contributed by atoms with Gasteiger partial charge >= 0.3 is 5.97 Å². The summed E-state index contributed by atoms with van der Waals surface area (Å²) in [6.07, 6.45) is 8.23.